The predicted molar refractivity (Wildman–Crippen MR) is 222 cm³/mol. The van der Waals surface area contributed by atoms with Crippen LogP contribution in [0.15, 0.2) is 201 Å². The number of hydrogen-bond acceptors (Lipinski definition) is 3. The number of rotatable bonds is 8. The largest absolute Gasteiger partial charge is 0.293 e. The van der Waals surface area contributed by atoms with Gasteiger partial charge in [0.15, 0.2) is 5.82 Å². The highest BCUT2D eigenvalue weighted by atomic mass is 31.2. The molecule has 50 heavy (non-hydrogen) atoms. The van der Waals surface area contributed by atoms with Crippen molar-refractivity contribution in [1.82, 2.24) is 4.98 Å². The molecule has 242 valence electrons. The maximum absolute atomic E-state index is 5.00. The fraction of sp³-hybridized carbons (Fsp3) is 0. The number of pyridine rings is 1. The van der Waals surface area contributed by atoms with Crippen molar-refractivity contribution >= 4 is 81.1 Å². The zero-order valence-electron chi connectivity index (χ0n) is 27.8. The second-order valence-corrected chi connectivity index (χ2v) is 18.8. The van der Waals surface area contributed by atoms with Crippen LogP contribution in [0.25, 0.3) is 0 Å². The topological polar surface area (TPSA) is 19.4 Å². The molecular weight excluding hydrogens is 644 g/mol. The van der Waals surface area contributed by atoms with Crippen LogP contribution >= 0.6 is 13.8 Å². The lowest BCUT2D eigenvalue weighted by atomic mass is 10.2. The lowest BCUT2D eigenvalue weighted by Crippen LogP contribution is -2.27. The van der Waals surface area contributed by atoms with Gasteiger partial charge in [0.2, 0.25) is 0 Å². The van der Waals surface area contributed by atoms with E-state index in [9.17, 15) is 0 Å². The summed E-state index contributed by atoms with van der Waals surface area (Å²) in [6.07, 6.45) is 11.9. The van der Waals surface area contributed by atoms with E-state index in [2.05, 4.69) is 186 Å². The maximum Gasteiger partial charge on any atom is 0.163 e. The smallest absolute Gasteiger partial charge is 0.163 e. The minimum absolute atomic E-state index is 0.813. The molecule has 1 aliphatic rings. The summed E-state index contributed by atoms with van der Waals surface area (Å²) in [5.74, 6) is 1.65. The van der Waals surface area contributed by atoms with Crippen molar-refractivity contribution in [3.05, 3.63) is 201 Å². The molecule has 0 radical (unpaired) electrons. The third kappa shape index (κ3) is 5.28. The van der Waals surface area contributed by atoms with Crippen molar-refractivity contribution in [2.75, 3.05) is 9.80 Å². The van der Waals surface area contributed by atoms with Crippen molar-refractivity contribution < 1.29 is 0 Å². The first kappa shape index (κ1) is 31.7. The van der Waals surface area contributed by atoms with Crippen molar-refractivity contribution in [3.63, 3.8) is 0 Å². The molecule has 0 unspecified atom stereocenters. The third-order valence-corrected chi connectivity index (χ3v) is 16.6. The Morgan fingerprint density at radius 2 is 0.780 bits per heavy atom. The Balaban J connectivity index is 1.24. The summed E-state index contributed by atoms with van der Waals surface area (Å²) in [4.78, 5) is 9.32. The first-order valence-corrected chi connectivity index (χ1v) is 20.6. The lowest BCUT2D eigenvalue weighted by molar-refractivity contribution is 1.13. The molecule has 5 heteroatoms. The van der Waals surface area contributed by atoms with Gasteiger partial charge in [-0.1, -0.05) is 165 Å². The van der Waals surface area contributed by atoms with Crippen LogP contribution in [-0.4, -0.2) is 17.6 Å². The van der Waals surface area contributed by atoms with Crippen LogP contribution in [0.2, 0.25) is 0 Å². The van der Waals surface area contributed by atoms with E-state index < -0.39 is 13.8 Å². The van der Waals surface area contributed by atoms with Gasteiger partial charge >= 0.3 is 0 Å². The average Bonchev–Trinajstić information content (AvgIpc) is 3.50. The van der Waals surface area contributed by atoms with Crippen LogP contribution in [0.5, 0.6) is 0 Å². The molecule has 0 atom stereocenters. The lowest BCUT2D eigenvalue weighted by Gasteiger charge is -2.30. The molecule has 1 aliphatic heterocycles. The minimum atomic E-state index is -2.20. The van der Waals surface area contributed by atoms with Crippen molar-refractivity contribution in [1.29, 1.82) is 0 Å². The summed E-state index contributed by atoms with van der Waals surface area (Å²) in [6, 6.07) is 64.5. The monoisotopic (exact) mass is 681 g/mol. The minimum Gasteiger partial charge on any atom is -0.293 e. The van der Waals surface area contributed by atoms with Crippen molar-refractivity contribution in [2.45, 2.75) is 0 Å². The summed E-state index contributed by atoms with van der Waals surface area (Å²) in [6.45, 7) is 0.307. The summed E-state index contributed by atoms with van der Waals surface area (Å²) in [5, 5.41) is 7.33. The zero-order chi connectivity index (χ0) is 34.1. The molecule has 0 spiro atoms. The second kappa shape index (κ2) is 13.0. The van der Waals surface area contributed by atoms with Gasteiger partial charge in [0.25, 0.3) is 0 Å². The van der Waals surface area contributed by atoms with E-state index in [1.165, 1.54) is 31.8 Å². The quantitative estimate of drug-likeness (QED) is 0.151. The standard InChI is InChI=1S/C45H37N3P2/c1-35-47(36-19-16-29-42(33-36)49(2,38-21-8-4-9-22-38)39-23-10-5-11-24-39)44-31-18-32-46-45(44)48(35)37-20-17-30-43(34-37)50(3,40-25-12-6-13-26-40)41-27-14-7-15-28-41/h4-34H,1-3H2. The molecule has 0 amide bonds. The van der Waals surface area contributed by atoms with Crippen molar-refractivity contribution in [2.24, 2.45) is 0 Å². The Morgan fingerprint density at radius 3 is 1.20 bits per heavy atom. The molecule has 3 nitrogen and oxygen atoms in total. The summed E-state index contributed by atoms with van der Waals surface area (Å²) < 4.78 is 0. The first-order valence-electron chi connectivity index (χ1n) is 16.6. The van der Waals surface area contributed by atoms with Gasteiger partial charge in [-0.25, -0.2) is 4.98 Å². The summed E-state index contributed by atoms with van der Waals surface area (Å²) >= 11 is 0. The van der Waals surface area contributed by atoms with Crippen molar-refractivity contribution in [3.8, 4) is 0 Å². The van der Waals surface area contributed by atoms with Gasteiger partial charge in [-0.05, 0) is 82.0 Å². The van der Waals surface area contributed by atoms with Crippen LogP contribution in [0.1, 0.15) is 0 Å². The SMILES string of the molecule is C=C1N(c2cccc(P(=C)(c3ccccc3)c3ccccc3)c2)c2cccnc2N1c1cccc(P(=C)(c2ccccc2)c2ccccc2)c1. The van der Waals surface area contributed by atoms with Gasteiger partial charge < -0.3 is 0 Å². The molecule has 7 aromatic rings. The molecule has 0 bridgehead atoms. The third-order valence-electron chi connectivity index (χ3n) is 9.58. The van der Waals surface area contributed by atoms with Crippen LogP contribution in [0.4, 0.5) is 22.9 Å². The van der Waals surface area contributed by atoms with Crippen LogP contribution in [0, 0.1) is 0 Å². The molecule has 0 fully saturated rings. The molecule has 0 saturated carbocycles. The molecule has 8 rings (SSSR count). The molecule has 1 aromatic heterocycles. The number of benzene rings is 6. The van der Waals surface area contributed by atoms with Gasteiger partial charge in [-0.15, -0.1) is 0 Å². The van der Waals surface area contributed by atoms with E-state index in [0.29, 0.717) is 0 Å². The highest BCUT2D eigenvalue weighted by Gasteiger charge is 2.35. The number of aromatic nitrogens is 1. The van der Waals surface area contributed by atoms with Gasteiger partial charge in [-0.3, -0.25) is 9.80 Å². The molecule has 0 N–H and O–H groups in total. The van der Waals surface area contributed by atoms with E-state index >= 15 is 0 Å². The normalized spacial score (nSPS) is 12.9. The van der Waals surface area contributed by atoms with Crippen LogP contribution in [-0.2, 0) is 0 Å². The summed E-state index contributed by atoms with van der Waals surface area (Å²) in [5.41, 5.74) is 3.00. The maximum atomic E-state index is 5.00. The average molecular weight is 682 g/mol. The number of fused-ring (bicyclic) bond motifs is 1. The summed E-state index contributed by atoms with van der Waals surface area (Å²) in [7, 11) is 0. The Morgan fingerprint density at radius 1 is 0.400 bits per heavy atom. The first-order chi connectivity index (χ1) is 24.5. The zero-order valence-corrected chi connectivity index (χ0v) is 29.5. The molecular formula is C45H37N3P2. The van der Waals surface area contributed by atoms with Gasteiger partial charge in [0.1, 0.15) is 5.82 Å². The Kier molecular flexibility index (Phi) is 8.25. The van der Waals surface area contributed by atoms with E-state index in [0.717, 1.165) is 28.7 Å². The fourth-order valence-electron chi connectivity index (χ4n) is 7.02. The van der Waals surface area contributed by atoms with E-state index in [1.54, 1.807) is 0 Å². The number of anilines is 4. The molecule has 0 aliphatic carbocycles. The number of hydrogen-bond donors (Lipinski definition) is 0. The highest BCUT2D eigenvalue weighted by molar-refractivity contribution is 7.93. The van der Waals surface area contributed by atoms with Gasteiger partial charge in [0, 0.05) is 17.6 Å². The second-order valence-electron chi connectivity index (χ2n) is 12.4. The van der Waals surface area contributed by atoms with E-state index in [4.69, 9.17) is 24.2 Å². The Labute approximate surface area is 295 Å². The molecule has 6 aromatic carbocycles. The van der Waals surface area contributed by atoms with E-state index in [1.807, 2.05) is 12.3 Å². The Bertz CT molecular complexity index is 2150. The van der Waals surface area contributed by atoms with Gasteiger partial charge in [0.05, 0.1) is 5.69 Å². The predicted octanol–water partition coefficient (Wildman–Crippen LogP) is 8.29. The van der Waals surface area contributed by atoms with E-state index in [-0.39, 0.29) is 0 Å². The van der Waals surface area contributed by atoms with Gasteiger partial charge in [-0.2, -0.15) is 0 Å². The number of nitrogens with zero attached hydrogens (tertiary/aromatic N) is 3. The van der Waals surface area contributed by atoms with Crippen LogP contribution < -0.4 is 41.6 Å². The fourth-order valence-corrected chi connectivity index (χ4v) is 12.9. The molecule has 2 heterocycles. The van der Waals surface area contributed by atoms with Crippen LogP contribution in [0.3, 0.4) is 0 Å². The Hall–Kier alpha value is -5.59. The molecule has 0 saturated heterocycles. The highest BCUT2D eigenvalue weighted by Crippen LogP contribution is 2.50.